The number of aryl methyl sites for hydroxylation is 2. The highest BCUT2D eigenvalue weighted by Gasteiger charge is 2.69. The molecule has 1 aromatic carbocycles. The van der Waals surface area contributed by atoms with E-state index in [-0.39, 0.29) is 29.7 Å². The number of nitrogens with zero attached hydrogens (tertiary/aromatic N) is 1. The first-order chi connectivity index (χ1) is 18.2. The Morgan fingerprint density at radius 2 is 0.905 bits per heavy atom. The van der Waals surface area contributed by atoms with Crippen LogP contribution in [0.25, 0.3) is 0 Å². The molecule has 250 valence electrons. The van der Waals surface area contributed by atoms with Gasteiger partial charge in [0.15, 0.2) is 0 Å². The SMILES string of the molecule is C.C.C.C.C1=CCC=C1.CCC.CCC.CCC.CCc1cc(CC)cc(CN2C3[C@@H]4[C@H](C)[C@H](C)[C@@H]4[C@@H]3[C@H](C)[C@@H]2C)c1. The van der Waals surface area contributed by atoms with Gasteiger partial charge < -0.3 is 0 Å². The summed E-state index contributed by atoms with van der Waals surface area (Å²) in [6.45, 7) is 28.5. The number of fused-ring (bicyclic) bond motifs is 4. The predicted molar refractivity (Wildman–Crippen MR) is 200 cm³/mol. The summed E-state index contributed by atoms with van der Waals surface area (Å²) in [7, 11) is 0. The van der Waals surface area contributed by atoms with Gasteiger partial charge in [0.2, 0.25) is 0 Å². The Labute approximate surface area is 269 Å². The van der Waals surface area contributed by atoms with Gasteiger partial charge in [-0.1, -0.05) is 168 Å². The van der Waals surface area contributed by atoms with Crippen molar-refractivity contribution in [1.82, 2.24) is 4.90 Å². The van der Waals surface area contributed by atoms with Crippen LogP contribution in [-0.4, -0.2) is 17.0 Å². The van der Waals surface area contributed by atoms with Gasteiger partial charge in [0.1, 0.15) is 0 Å². The molecule has 0 amide bonds. The van der Waals surface area contributed by atoms with Gasteiger partial charge in [0.05, 0.1) is 0 Å². The van der Waals surface area contributed by atoms with Crippen molar-refractivity contribution in [3.05, 3.63) is 59.2 Å². The third-order valence-corrected chi connectivity index (χ3v) is 8.94. The summed E-state index contributed by atoms with van der Waals surface area (Å²) in [4.78, 5) is 2.88. The molecule has 4 aliphatic rings. The minimum Gasteiger partial charge on any atom is -0.293 e. The van der Waals surface area contributed by atoms with Crippen molar-refractivity contribution in [1.29, 1.82) is 0 Å². The highest BCUT2D eigenvalue weighted by molar-refractivity contribution is 5.31. The summed E-state index contributed by atoms with van der Waals surface area (Å²) in [5.41, 5.74) is 4.57. The second kappa shape index (κ2) is 25.0. The third-order valence-electron chi connectivity index (χ3n) is 8.94. The van der Waals surface area contributed by atoms with Crippen molar-refractivity contribution in [3.8, 4) is 0 Å². The van der Waals surface area contributed by atoms with E-state index in [0.29, 0.717) is 0 Å². The zero-order chi connectivity index (χ0) is 28.8. The predicted octanol–water partition coefficient (Wildman–Crippen LogP) is 13.5. The van der Waals surface area contributed by atoms with Gasteiger partial charge in [-0.2, -0.15) is 0 Å². The Hall–Kier alpha value is -1.34. The zero-order valence-electron chi connectivity index (χ0n) is 27.6. The summed E-state index contributed by atoms with van der Waals surface area (Å²) < 4.78 is 0. The average molecular weight is 588 g/mol. The Morgan fingerprint density at radius 1 is 0.548 bits per heavy atom. The van der Waals surface area contributed by atoms with Crippen molar-refractivity contribution in [2.45, 2.75) is 170 Å². The van der Waals surface area contributed by atoms with Crippen LogP contribution in [0.1, 0.15) is 155 Å². The summed E-state index contributed by atoms with van der Waals surface area (Å²) in [6, 6.07) is 8.93. The number of hydrogen-bond donors (Lipinski definition) is 0. The molecule has 42 heavy (non-hydrogen) atoms. The molecule has 1 aromatic rings. The molecule has 1 heteroatoms. The lowest BCUT2D eigenvalue weighted by Crippen LogP contribution is -2.68. The van der Waals surface area contributed by atoms with Crippen molar-refractivity contribution in [2.24, 2.45) is 35.5 Å². The first-order valence-electron chi connectivity index (χ1n) is 16.4. The van der Waals surface area contributed by atoms with Crippen LogP contribution < -0.4 is 0 Å². The molecule has 1 saturated heterocycles. The molecular formula is C41H81N. The molecule has 1 unspecified atom stereocenters. The van der Waals surface area contributed by atoms with Crippen LogP contribution in [0.2, 0.25) is 0 Å². The highest BCUT2D eigenvalue weighted by atomic mass is 15.3. The van der Waals surface area contributed by atoms with Gasteiger partial charge in [0.25, 0.3) is 0 Å². The van der Waals surface area contributed by atoms with Gasteiger partial charge in [-0.25, -0.2) is 0 Å². The number of allylic oxidation sites excluding steroid dienone is 4. The molecule has 0 aromatic heterocycles. The van der Waals surface area contributed by atoms with Gasteiger partial charge in [0, 0.05) is 18.6 Å². The summed E-state index contributed by atoms with van der Waals surface area (Å²) in [5.74, 6) is 5.74. The maximum absolute atomic E-state index is 2.88. The maximum atomic E-state index is 2.88. The van der Waals surface area contributed by atoms with E-state index in [0.717, 1.165) is 73.4 Å². The monoisotopic (exact) mass is 588 g/mol. The largest absolute Gasteiger partial charge is 0.293 e. The minimum absolute atomic E-state index is 0. The lowest BCUT2D eigenvalue weighted by molar-refractivity contribution is -0.185. The molecule has 8 atom stereocenters. The topological polar surface area (TPSA) is 3.24 Å². The number of rotatable bonds is 4. The normalized spacial score (nSPS) is 28.4. The van der Waals surface area contributed by atoms with E-state index in [1.807, 2.05) is 0 Å². The van der Waals surface area contributed by atoms with Crippen molar-refractivity contribution >= 4 is 0 Å². The molecule has 1 nitrogen and oxygen atoms in total. The molecule has 0 bridgehead atoms. The molecule has 1 aliphatic heterocycles. The molecule has 0 spiro atoms. The smallest absolute Gasteiger partial charge is 0.0240 e. The quantitative estimate of drug-likeness (QED) is 0.338. The molecule has 2 saturated carbocycles. The van der Waals surface area contributed by atoms with Crippen LogP contribution in [0.5, 0.6) is 0 Å². The van der Waals surface area contributed by atoms with Gasteiger partial charge in [-0.15, -0.1) is 0 Å². The second-order valence-corrected chi connectivity index (χ2v) is 12.3. The van der Waals surface area contributed by atoms with E-state index in [9.17, 15) is 0 Å². The van der Waals surface area contributed by atoms with Crippen LogP contribution in [-0.2, 0) is 19.4 Å². The average Bonchev–Trinajstić information content (AvgIpc) is 3.53. The van der Waals surface area contributed by atoms with Crippen molar-refractivity contribution < 1.29 is 0 Å². The second-order valence-electron chi connectivity index (χ2n) is 12.3. The lowest BCUT2D eigenvalue weighted by atomic mass is 9.40. The fraction of sp³-hybridized carbons (Fsp3) is 0.756. The van der Waals surface area contributed by atoms with E-state index in [1.165, 1.54) is 30.4 Å². The van der Waals surface area contributed by atoms with Crippen LogP contribution >= 0.6 is 0 Å². The molecule has 3 fully saturated rings. The molecule has 5 rings (SSSR count). The van der Waals surface area contributed by atoms with E-state index >= 15 is 0 Å². The van der Waals surface area contributed by atoms with Crippen LogP contribution in [0.3, 0.4) is 0 Å². The van der Waals surface area contributed by atoms with E-state index in [4.69, 9.17) is 0 Å². The van der Waals surface area contributed by atoms with E-state index < -0.39 is 0 Å². The molecular weight excluding hydrogens is 506 g/mol. The Kier molecular flexibility index (Phi) is 28.4. The van der Waals surface area contributed by atoms with E-state index in [2.05, 4.69) is 130 Å². The van der Waals surface area contributed by atoms with Crippen molar-refractivity contribution in [3.63, 3.8) is 0 Å². The van der Waals surface area contributed by atoms with Crippen molar-refractivity contribution in [2.75, 3.05) is 0 Å². The lowest BCUT2D eigenvalue weighted by Gasteiger charge is -2.67. The van der Waals surface area contributed by atoms with Crippen LogP contribution in [0.15, 0.2) is 42.5 Å². The summed E-state index contributed by atoms with van der Waals surface area (Å²) in [5, 5.41) is 0. The number of hydrogen-bond acceptors (Lipinski definition) is 1. The minimum atomic E-state index is 0. The Balaban J connectivity index is -0.000000340. The number of likely N-dealkylation sites (tertiary alicyclic amines) is 1. The highest BCUT2D eigenvalue weighted by Crippen LogP contribution is 2.68. The number of benzene rings is 1. The summed E-state index contributed by atoms with van der Waals surface area (Å²) >= 11 is 0. The van der Waals surface area contributed by atoms with Gasteiger partial charge >= 0.3 is 0 Å². The van der Waals surface area contributed by atoms with Crippen LogP contribution in [0, 0.1) is 35.5 Å². The third kappa shape index (κ3) is 12.0. The molecule has 0 radical (unpaired) electrons. The fourth-order valence-corrected chi connectivity index (χ4v) is 6.93. The molecule has 3 aliphatic carbocycles. The van der Waals surface area contributed by atoms with Gasteiger partial charge in [-0.05, 0) is 78.4 Å². The van der Waals surface area contributed by atoms with Gasteiger partial charge in [-0.3, -0.25) is 4.90 Å². The van der Waals surface area contributed by atoms with Crippen LogP contribution in [0.4, 0.5) is 0 Å². The standard InChI is InChI=1S/C23H35N.C5H6.3C3H8.4CH4/c1-7-17-9-18(8-2)11-19(10-17)12-24-16(6)15(5)22-20-13(3)14(4)21(20)23(22)24;1-2-4-5-3-1;3*1-3-2;;;;/h9-11,13-16,20-23H,7-8,12H2,1-6H3;1-4H,5H2;3*3H2,1-2H3;4*1H4/t13-,14+,15+,16-,20-,21+,22-,23?;;;;;;;;/m0......../s1. The Bertz CT molecular complexity index is 783. The zero-order valence-corrected chi connectivity index (χ0v) is 27.6. The fourth-order valence-electron chi connectivity index (χ4n) is 6.93. The first-order valence-corrected chi connectivity index (χ1v) is 16.4. The maximum Gasteiger partial charge on any atom is 0.0240 e. The van der Waals surface area contributed by atoms with E-state index in [1.54, 1.807) is 5.56 Å². The first kappa shape index (κ1) is 47.6. The molecule has 1 heterocycles. The Morgan fingerprint density at radius 3 is 1.26 bits per heavy atom. The molecule has 0 N–H and O–H groups in total. The summed E-state index contributed by atoms with van der Waals surface area (Å²) in [6.07, 6.45) is 15.6.